The normalized spacial score (nSPS) is 39.2. The summed E-state index contributed by atoms with van der Waals surface area (Å²) in [4.78, 5) is 0. The van der Waals surface area contributed by atoms with Crippen LogP contribution in [0, 0.1) is 17.3 Å². The molecule has 0 aromatic heterocycles. The quantitative estimate of drug-likeness (QED) is 0.675. The predicted molar refractivity (Wildman–Crippen MR) is 56.7 cm³/mol. The van der Waals surface area contributed by atoms with E-state index in [1.54, 1.807) is 14.2 Å². The predicted octanol–water partition coefficient (Wildman–Crippen LogP) is 2.30. The average Bonchev–Trinajstić information content (AvgIpc) is 2.62. The highest BCUT2D eigenvalue weighted by Gasteiger charge is 2.54. The van der Waals surface area contributed by atoms with Crippen LogP contribution in [0.4, 0.5) is 0 Å². The number of alkyl halides is 1. The van der Waals surface area contributed by atoms with Gasteiger partial charge in [0.15, 0.2) is 0 Å². The molecule has 0 saturated heterocycles. The molecule has 0 radical (unpaired) electrons. The van der Waals surface area contributed by atoms with Crippen molar-refractivity contribution in [2.75, 3.05) is 27.4 Å². The number of fused-ring (bicyclic) bond motifs is 2. The summed E-state index contributed by atoms with van der Waals surface area (Å²) in [6.07, 6.45) is 3.62. The van der Waals surface area contributed by atoms with Crippen molar-refractivity contribution in [2.24, 2.45) is 17.3 Å². The van der Waals surface area contributed by atoms with Gasteiger partial charge >= 0.3 is 0 Å². The number of hydrogen-bond donors (Lipinski definition) is 0. The van der Waals surface area contributed by atoms with E-state index in [1.807, 2.05) is 0 Å². The van der Waals surface area contributed by atoms with Gasteiger partial charge in [0.25, 0.3) is 0 Å². The molecule has 2 bridgehead atoms. The fourth-order valence-corrected chi connectivity index (χ4v) is 3.85. The van der Waals surface area contributed by atoms with Crippen LogP contribution >= 0.6 is 11.6 Å². The largest absolute Gasteiger partial charge is 0.384 e. The van der Waals surface area contributed by atoms with Crippen LogP contribution in [0.2, 0.25) is 0 Å². The van der Waals surface area contributed by atoms with Crippen LogP contribution < -0.4 is 0 Å². The fraction of sp³-hybridized carbons (Fsp3) is 1.00. The van der Waals surface area contributed by atoms with Crippen molar-refractivity contribution in [3.05, 3.63) is 0 Å². The number of rotatable bonds is 4. The van der Waals surface area contributed by atoms with Gasteiger partial charge < -0.3 is 9.47 Å². The van der Waals surface area contributed by atoms with E-state index >= 15 is 0 Å². The maximum absolute atomic E-state index is 6.25. The lowest BCUT2D eigenvalue weighted by atomic mass is 9.74. The van der Waals surface area contributed by atoms with Crippen LogP contribution in [-0.2, 0) is 9.47 Å². The van der Waals surface area contributed by atoms with Crippen molar-refractivity contribution < 1.29 is 9.47 Å². The smallest absolute Gasteiger partial charge is 0.0543 e. The lowest BCUT2D eigenvalue weighted by molar-refractivity contribution is -0.0253. The molecule has 3 heteroatoms. The summed E-state index contributed by atoms with van der Waals surface area (Å²) in [6, 6.07) is 0. The Bertz CT molecular complexity index is 199. The lowest BCUT2D eigenvalue weighted by Crippen LogP contribution is -2.39. The Morgan fingerprint density at radius 3 is 2.21 bits per heavy atom. The molecule has 3 atom stereocenters. The first kappa shape index (κ1) is 10.7. The van der Waals surface area contributed by atoms with Gasteiger partial charge in [0.05, 0.1) is 13.2 Å². The van der Waals surface area contributed by atoms with Gasteiger partial charge in [-0.05, 0) is 31.1 Å². The zero-order valence-electron chi connectivity index (χ0n) is 8.96. The molecule has 0 aromatic rings. The standard InChI is InChI=1S/C11H19ClO2/c1-13-6-11(7-14-2)5-8-3-9(11)4-10(8)12/h8-10H,3-7H2,1-2H3. The van der Waals surface area contributed by atoms with Crippen LogP contribution in [0.25, 0.3) is 0 Å². The molecule has 2 fully saturated rings. The molecule has 0 amide bonds. The Kier molecular flexibility index (Phi) is 3.06. The first-order valence-electron chi connectivity index (χ1n) is 5.34. The zero-order valence-corrected chi connectivity index (χ0v) is 9.72. The second-order valence-corrected chi connectivity index (χ2v) is 5.44. The van der Waals surface area contributed by atoms with Crippen molar-refractivity contribution in [1.82, 2.24) is 0 Å². The van der Waals surface area contributed by atoms with E-state index in [2.05, 4.69) is 0 Å². The van der Waals surface area contributed by atoms with Gasteiger partial charge in [0.2, 0.25) is 0 Å². The second-order valence-electron chi connectivity index (χ2n) is 4.88. The summed E-state index contributed by atoms with van der Waals surface area (Å²) < 4.78 is 10.7. The third kappa shape index (κ3) is 1.58. The van der Waals surface area contributed by atoms with E-state index in [-0.39, 0.29) is 5.41 Å². The Hall–Kier alpha value is 0.210. The van der Waals surface area contributed by atoms with Gasteiger partial charge in [-0.15, -0.1) is 11.6 Å². The summed E-state index contributed by atoms with van der Waals surface area (Å²) in [5.41, 5.74) is 0.263. The van der Waals surface area contributed by atoms with E-state index in [0.717, 1.165) is 25.6 Å². The molecule has 2 aliphatic rings. The SMILES string of the molecule is COCC1(COC)CC2CC1CC2Cl. The number of ether oxygens (including phenoxy) is 2. The van der Waals surface area contributed by atoms with E-state index < -0.39 is 0 Å². The van der Waals surface area contributed by atoms with E-state index in [4.69, 9.17) is 21.1 Å². The van der Waals surface area contributed by atoms with E-state index in [1.165, 1.54) is 12.8 Å². The molecule has 0 aromatic carbocycles. The second kappa shape index (κ2) is 3.99. The maximum atomic E-state index is 6.25. The molecule has 0 heterocycles. The van der Waals surface area contributed by atoms with Gasteiger partial charge in [-0.2, -0.15) is 0 Å². The summed E-state index contributed by atoms with van der Waals surface area (Å²) in [5, 5.41) is 0.404. The average molecular weight is 219 g/mol. The van der Waals surface area contributed by atoms with Crippen molar-refractivity contribution >= 4 is 11.6 Å². The van der Waals surface area contributed by atoms with Crippen molar-refractivity contribution in [2.45, 2.75) is 24.6 Å². The van der Waals surface area contributed by atoms with Gasteiger partial charge in [0, 0.05) is 25.0 Å². The van der Waals surface area contributed by atoms with Gasteiger partial charge in [-0.3, -0.25) is 0 Å². The van der Waals surface area contributed by atoms with E-state index in [9.17, 15) is 0 Å². The summed E-state index contributed by atoms with van der Waals surface area (Å²) in [6.45, 7) is 1.65. The molecule has 14 heavy (non-hydrogen) atoms. The van der Waals surface area contributed by atoms with Crippen LogP contribution in [-0.4, -0.2) is 32.8 Å². The van der Waals surface area contributed by atoms with Crippen molar-refractivity contribution in [3.63, 3.8) is 0 Å². The third-order valence-corrected chi connectivity index (χ3v) is 4.54. The summed E-state index contributed by atoms with van der Waals surface area (Å²) >= 11 is 6.25. The molecule has 0 aliphatic heterocycles. The minimum absolute atomic E-state index is 0.263. The van der Waals surface area contributed by atoms with Gasteiger partial charge in [-0.25, -0.2) is 0 Å². The molecule has 82 valence electrons. The summed E-state index contributed by atoms with van der Waals surface area (Å²) in [5.74, 6) is 1.42. The molecule has 0 spiro atoms. The Morgan fingerprint density at radius 2 is 1.86 bits per heavy atom. The van der Waals surface area contributed by atoms with Crippen molar-refractivity contribution in [1.29, 1.82) is 0 Å². The van der Waals surface area contributed by atoms with E-state index in [0.29, 0.717) is 11.3 Å². The molecule has 0 N–H and O–H groups in total. The first-order valence-corrected chi connectivity index (χ1v) is 5.77. The van der Waals surface area contributed by atoms with Gasteiger partial charge in [-0.1, -0.05) is 0 Å². The molecular weight excluding hydrogens is 200 g/mol. The molecule has 2 nitrogen and oxygen atoms in total. The number of halogens is 1. The highest BCUT2D eigenvalue weighted by molar-refractivity contribution is 6.21. The molecule has 2 saturated carbocycles. The molecular formula is C11H19ClO2. The Labute approximate surface area is 90.9 Å². The number of hydrogen-bond acceptors (Lipinski definition) is 2. The first-order chi connectivity index (χ1) is 6.72. The lowest BCUT2D eigenvalue weighted by Gasteiger charge is -2.37. The van der Waals surface area contributed by atoms with Crippen LogP contribution in [0.3, 0.4) is 0 Å². The molecule has 2 rings (SSSR count). The number of methoxy groups -OCH3 is 2. The molecule has 2 aliphatic carbocycles. The Morgan fingerprint density at radius 1 is 1.21 bits per heavy atom. The third-order valence-electron chi connectivity index (χ3n) is 4.01. The summed E-state index contributed by atoms with van der Waals surface area (Å²) in [7, 11) is 3.56. The molecule has 3 unspecified atom stereocenters. The minimum atomic E-state index is 0.263. The zero-order chi connectivity index (χ0) is 10.2. The van der Waals surface area contributed by atoms with Crippen LogP contribution in [0.1, 0.15) is 19.3 Å². The fourth-order valence-electron chi connectivity index (χ4n) is 3.44. The highest BCUT2D eigenvalue weighted by Crippen LogP contribution is 2.57. The highest BCUT2D eigenvalue weighted by atomic mass is 35.5. The maximum Gasteiger partial charge on any atom is 0.0543 e. The van der Waals surface area contributed by atoms with Crippen LogP contribution in [0.15, 0.2) is 0 Å². The monoisotopic (exact) mass is 218 g/mol. The Balaban J connectivity index is 2.07. The van der Waals surface area contributed by atoms with Crippen molar-refractivity contribution in [3.8, 4) is 0 Å². The topological polar surface area (TPSA) is 18.5 Å². The minimum Gasteiger partial charge on any atom is -0.384 e. The van der Waals surface area contributed by atoms with Crippen LogP contribution in [0.5, 0.6) is 0 Å². The van der Waals surface area contributed by atoms with Gasteiger partial charge in [0.1, 0.15) is 0 Å².